The van der Waals surface area contributed by atoms with Gasteiger partial charge in [0.25, 0.3) is 0 Å². The molecule has 3 rings (SSSR count). The van der Waals surface area contributed by atoms with E-state index < -0.39 is 11.6 Å². The molecule has 0 saturated carbocycles. The quantitative estimate of drug-likeness (QED) is 0.619. The Morgan fingerprint density at radius 2 is 1.48 bits per heavy atom. The molecule has 0 heterocycles. The van der Waals surface area contributed by atoms with Crippen LogP contribution in [0.3, 0.4) is 0 Å². The maximum Gasteiger partial charge on any atom is 0.197 e. The van der Waals surface area contributed by atoms with Gasteiger partial charge in [0, 0.05) is 27.2 Å². The summed E-state index contributed by atoms with van der Waals surface area (Å²) in [5.74, 6) is -1.15. The van der Waals surface area contributed by atoms with Gasteiger partial charge in [0.15, 0.2) is 17.3 Å². The number of hydrogen-bond acceptors (Lipinski definition) is 3. The number of halogens is 1. The Labute approximate surface area is 129 Å². The molecule has 0 radical (unpaired) electrons. The third-order valence-electron chi connectivity index (χ3n) is 3.31. The number of fused-ring (bicyclic) bond motifs is 1. The summed E-state index contributed by atoms with van der Waals surface area (Å²) in [6.45, 7) is 0. The van der Waals surface area contributed by atoms with Gasteiger partial charge in [-0.25, -0.2) is 0 Å². The first kappa shape index (κ1) is 13.6. The average molecular weight is 341 g/mol. The first-order valence-corrected chi connectivity index (χ1v) is 7.07. The molecule has 0 aromatic heterocycles. The summed E-state index contributed by atoms with van der Waals surface area (Å²) in [5, 5.41) is 0. The lowest BCUT2D eigenvalue weighted by Gasteiger charge is -2.14. The summed E-state index contributed by atoms with van der Waals surface area (Å²) < 4.78 is 0.837. The van der Waals surface area contributed by atoms with Crippen LogP contribution in [0.4, 0.5) is 0 Å². The number of rotatable bonds is 2. The zero-order valence-corrected chi connectivity index (χ0v) is 12.4. The van der Waals surface area contributed by atoms with Crippen LogP contribution in [0.2, 0.25) is 0 Å². The van der Waals surface area contributed by atoms with E-state index in [-0.39, 0.29) is 16.9 Å². The lowest BCUT2D eigenvalue weighted by molar-refractivity contribution is 0.0934. The van der Waals surface area contributed by atoms with E-state index in [1.165, 1.54) is 0 Å². The number of allylic oxidation sites excluding steroid dienone is 2. The summed E-state index contributed by atoms with van der Waals surface area (Å²) >= 11 is 3.29. The van der Waals surface area contributed by atoms with Crippen LogP contribution in [0.5, 0.6) is 0 Å². The number of ketones is 3. The normalized spacial score (nSPS) is 13.7. The zero-order valence-electron chi connectivity index (χ0n) is 10.8. The second kappa shape index (κ2) is 5.22. The Morgan fingerprint density at radius 3 is 2.14 bits per heavy atom. The molecule has 0 spiro atoms. The van der Waals surface area contributed by atoms with E-state index >= 15 is 0 Å². The minimum atomic E-state index is -0.435. The second-order valence-corrected chi connectivity index (χ2v) is 5.55. The summed E-state index contributed by atoms with van der Waals surface area (Å²) in [6.07, 6.45) is 1.13. The molecule has 0 fully saturated rings. The fraction of sp³-hybridized carbons (Fsp3) is 0. The maximum absolute atomic E-state index is 12.4. The van der Waals surface area contributed by atoms with Crippen LogP contribution in [0.15, 0.2) is 64.7 Å². The van der Waals surface area contributed by atoms with Gasteiger partial charge in [0.1, 0.15) is 0 Å². The lowest BCUT2D eigenvalue weighted by atomic mass is 9.86. The van der Waals surface area contributed by atoms with Crippen molar-refractivity contribution in [1.29, 1.82) is 0 Å². The van der Waals surface area contributed by atoms with Crippen LogP contribution >= 0.6 is 15.9 Å². The maximum atomic E-state index is 12.4. The summed E-state index contributed by atoms with van der Waals surface area (Å²) in [5.41, 5.74) is 0.923. The molecule has 1 aliphatic rings. The number of carbonyl (C=O) groups excluding carboxylic acids is 3. The van der Waals surface area contributed by atoms with Crippen molar-refractivity contribution in [3.63, 3.8) is 0 Å². The van der Waals surface area contributed by atoms with E-state index in [0.717, 1.165) is 10.5 Å². The first-order valence-electron chi connectivity index (χ1n) is 6.28. The van der Waals surface area contributed by atoms with Gasteiger partial charge >= 0.3 is 0 Å². The van der Waals surface area contributed by atoms with Crippen molar-refractivity contribution in [3.8, 4) is 0 Å². The van der Waals surface area contributed by atoms with E-state index in [1.54, 1.807) is 48.5 Å². The van der Waals surface area contributed by atoms with Crippen LogP contribution in [-0.4, -0.2) is 17.3 Å². The van der Waals surface area contributed by atoms with Gasteiger partial charge < -0.3 is 0 Å². The Bertz CT molecular complexity index is 801. The van der Waals surface area contributed by atoms with E-state index in [4.69, 9.17) is 0 Å². The molecule has 3 nitrogen and oxygen atoms in total. The molecule has 0 unspecified atom stereocenters. The van der Waals surface area contributed by atoms with Gasteiger partial charge in [-0.2, -0.15) is 0 Å². The van der Waals surface area contributed by atoms with E-state index in [2.05, 4.69) is 15.9 Å². The predicted octanol–water partition coefficient (Wildman–Crippen LogP) is 3.64. The fourth-order valence-corrected chi connectivity index (χ4v) is 2.51. The van der Waals surface area contributed by atoms with Crippen molar-refractivity contribution < 1.29 is 14.4 Å². The van der Waals surface area contributed by atoms with Gasteiger partial charge in [0.05, 0.1) is 5.57 Å². The van der Waals surface area contributed by atoms with Crippen LogP contribution in [0.25, 0.3) is 0 Å². The van der Waals surface area contributed by atoms with Crippen LogP contribution in [-0.2, 0) is 0 Å². The molecule has 2 aromatic carbocycles. The summed E-state index contributed by atoms with van der Waals surface area (Å²) in [6, 6.07) is 13.2. The second-order valence-electron chi connectivity index (χ2n) is 4.63. The molecule has 0 N–H and O–H groups in total. The Balaban J connectivity index is 2.04. The van der Waals surface area contributed by atoms with Gasteiger partial charge in [-0.3, -0.25) is 14.4 Å². The molecule has 1 aliphatic carbocycles. The number of Topliss-reactive ketones (excluding diaryl/α,β-unsaturated/α-hetero) is 2. The molecule has 102 valence electrons. The molecule has 21 heavy (non-hydrogen) atoms. The van der Waals surface area contributed by atoms with Gasteiger partial charge in [-0.05, 0) is 24.3 Å². The highest BCUT2D eigenvalue weighted by Gasteiger charge is 2.29. The Hall–Kier alpha value is -2.33. The molecule has 0 amide bonds. The zero-order chi connectivity index (χ0) is 15.0. The van der Waals surface area contributed by atoms with Crippen molar-refractivity contribution >= 4 is 33.3 Å². The average Bonchev–Trinajstić information content (AvgIpc) is 2.51. The number of benzene rings is 2. The number of carbonyl (C=O) groups is 3. The molecule has 4 heteroatoms. The number of hydrogen-bond donors (Lipinski definition) is 0. The van der Waals surface area contributed by atoms with Crippen molar-refractivity contribution in [2.45, 2.75) is 0 Å². The van der Waals surface area contributed by atoms with Crippen LogP contribution in [0.1, 0.15) is 31.1 Å². The Morgan fingerprint density at radius 1 is 0.857 bits per heavy atom. The molecule has 0 saturated heterocycles. The van der Waals surface area contributed by atoms with Crippen molar-refractivity contribution in [3.05, 3.63) is 81.3 Å². The summed E-state index contributed by atoms with van der Waals surface area (Å²) in [4.78, 5) is 36.9. The fourth-order valence-electron chi connectivity index (χ4n) is 2.24. The topological polar surface area (TPSA) is 51.2 Å². The molecule has 0 atom stereocenters. The van der Waals surface area contributed by atoms with Crippen molar-refractivity contribution in [1.82, 2.24) is 0 Å². The molecule has 0 aliphatic heterocycles. The minimum absolute atomic E-state index is 0.0824. The van der Waals surface area contributed by atoms with E-state index in [9.17, 15) is 14.4 Å². The monoisotopic (exact) mass is 340 g/mol. The van der Waals surface area contributed by atoms with Gasteiger partial charge in [0.2, 0.25) is 0 Å². The largest absolute Gasteiger partial charge is 0.289 e. The standard InChI is InChI=1S/C17H9BrO3/c18-11-7-5-10(6-8-11)16(20)14-9-15(19)12-3-1-2-4-13(12)17(14)21/h1-9H. The van der Waals surface area contributed by atoms with Crippen molar-refractivity contribution in [2.24, 2.45) is 0 Å². The Kier molecular flexibility index (Phi) is 3.39. The molecular formula is C17H9BrO3. The third kappa shape index (κ3) is 2.38. The molecular weight excluding hydrogens is 332 g/mol. The first-order chi connectivity index (χ1) is 10.1. The highest BCUT2D eigenvalue weighted by Crippen LogP contribution is 2.24. The van der Waals surface area contributed by atoms with Gasteiger partial charge in [-0.1, -0.05) is 40.2 Å². The highest BCUT2D eigenvalue weighted by molar-refractivity contribution is 9.10. The van der Waals surface area contributed by atoms with Crippen LogP contribution < -0.4 is 0 Å². The smallest absolute Gasteiger partial charge is 0.197 e. The third-order valence-corrected chi connectivity index (χ3v) is 3.84. The van der Waals surface area contributed by atoms with Crippen molar-refractivity contribution in [2.75, 3.05) is 0 Å². The highest BCUT2D eigenvalue weighted by atomic mass is 79.9. The predicted molar refractivity (Wildman–Crippen MR) is 81.7 cm³/mol. The van der Waals surface area contributed by atoms with E-state index in [0.29, 0.717) is 11.1 Å². The SMILES string of the molecule is O=C(C1=CC(=O)c2ccccc2C1=O)c1ccc(Br)cc1. The molecule has 0 bridgehead atoms. The van der Waals surface area contributed by atoms with Crippen LogP contribution in [0, 0.1) is 0 Å². The van der Waals surface area contributed by atoms with Gasteiger partial charge in [-0.15, -0.1) is 0 Å². The van der Waals surface area contributed by atoms with E-state index in [1.807, 2.05) is 0 Å². The lowest BCUT2D eigenvalue weighted by Crippen LogP contribution is -2.22. The minimum Gasteiger partial charge on any atom is -0.289 e. The molecule has 2 aromatic rings. The summed E-state index contributed by atoms with van der Waals surface area (Å²) in [7, 11) is 0.